The number of carbonyl (C=O) groups is 2. The van der Waals surface area contributed by atoms with Crippen LogP contribution in [-0.4, -0.2) is 18.7 Å². The van der Waals surface area contributed by atoms with Gasteiger partial charge in [-0.05, 0) is 19.1 Å². The van der Waals surface area contributed by atoms with Gasteiger partial charge < -0.3 is 10.1 Å². The molecule has 0 bridgehead atoms. The van der Waals surface area contributed by atoms with Gasteiger partial charge >= 0.3 is 12.1 Å². The fourth-order valence-corrected chi connectivity index (χ4v) is 0.970. The number of rotatable bonds is 2. The molecule has 0 heterocycles. The van der Waals surface area contributed by atoms with Crippen molar-refractivity contribution >= 4 is 17.8 Å². The molecule has 18 heavy (non-hydrogen) atoms. The molecular formula is C10H9F2N3O3. The first-order chi connectivity index (χ1) is 8.52. The number of amides is 3. The van der Waals surface area contributed by atoms with E-state index in [9.17, 15) is 18.4 Å². The molecule has 0 spiro atoms. The van der Waals surface area contributed by atoms with Gasteiger partial charge in [0.2, 0.25) is 0 Å². The average Bonchev–Trinajstić information content (AvgIpc) is 2.31. The van der Waals surface area contributed by atoms with Crippen molar-refractivity contribution < 1.29 is 23.1 Å². The first-order valence-corrected chi connectivity index (χ1v) is 4.87. The molecule has 0 aliphatic heterocycles. The van der Waals surface area contributed by atoms with Crippen molar-refractivity contribution in [2.24, 2.45) is 10.2 Å². The summed E-state index contributed by atoms with van der Waals surface area (Å²) in [6, 6.07) is 1.50. The highest BCUT2D eigenvalue weighted by Gasteiger charge is 2.07. The second-order valence-electron chi connectivity index (χ2n) is 2.95. The first-order valence-electron chi connectivity index (χ1n) is 4.87. The van der Waals surface area contributed by atoms with E-state index in [2.05, 4.69) is 15.0 Å². The Morgan fingerprint density at radius 2 is 2.06 bits per heavy atom. The number of urea groups is 1. The second-order valence-corrected chi connectivity index (χ2v) is 2.95. The molecule has 6 nitrogen and oxygen atoms in total. The Kier molecular flexibility index (Phi) is 4.85. The average molecular weight is 257 g/mol. The third-order valence-electron chi connectivity index (χ3n) is 1.66. The summed E-state index contributed by atoms with van der Waals surface area (Å²) < 4.78 is 30.1. The maximum atomic E-state index is 13.1. The molecule has 0 unspecified atom stereocenters. The number of benzene rings is 1. The zero-order valence-electron chi connectivity index (χ0n) is 9.31. The zero-order chi connectivity index (χ0) is 13.5. The van der Waals surface area contributed by atoms with Crippen LogP contribution in [0.4, 0.5) is 24.1 Å². The van der Waals surface area contributed by atoms with Gasteiger partial charge in [-0.1, -0.05) is 10.2 Å². The molecule has 1 aromatic rings. The van der Waals surface area contributed by atoms with E-state index in [0.29, 0.717) is 6.07 Å². The van der Waals surface area contributed by atoms with Gasteiger partial charge in [0.1, 0.15) is 11.6 Å². The predicted octanol–water partition coefficient (Wildman–Crippen LogP) is 3.11. The van der Waals surface area contributed by atoms with Gasteiger partial charge in [0.15, 0.2) is 0 Å². The third kappa shape index (κ3) is 4.24. The van der Waals surface area contributed by atoms with Gasteiger partial charge in [0.25, 0.3) is 0 Å². The number of halogens is 2. The normalized spacial score (nSPS) is 10.4. The summed E-state index contributed by atoms with van der Waals surface area (Å²) >= 11 is 0. The lowest BCUT2D eigenvalue weighted by atomic mass is 10.3. The number of nitrogens with one attached hydrogen (secondary N) is 1. The molecule has 0 aromatic heterocycles. The number of azo groups is 1. The fourth-order valence-electron chi connectivity index (χ4n) is 0.970. The van der Waals surface area contributed by atoms with Crippen LogP contribution in [-0.2, 0) is 4.74 Å². The predicted molar refractivity (Wildman–Crippen MR) is 57.3 cm³/mol. The van der Waals surface area contributed by atoms with Crippen molar-refractivity contribution in [1.29, 1.82) is 0 Å². The molecule has 3 amide bonds. The summed E-state index contributed by atoms with van der Waals surface area (Å²) in [5, 5.41) is 7.84. The van der Waals surface area contributed by atoms with E-state index in [1.807, 2.05) is 5.32 Å². The van der Waals surface area contributed by atoms with Crippen molar-refractivity contribution in [3.05, 3.63) is 29.8 Å². The van der Waals surface area contributed by atoms with Crippen molar-refractivity contribution in [3.8, 4) is 0 Å². The van der Waals surface area contributed by atoms with E-state index in [1.165, 1.54) is 0 Å². The van der Waals surface area contributed by atoms with Crippen molar-refractivity contribution in [3.63, 3.8) is 0 Å². The molecule has 0 fully saturated rings. The van der Waals surface area contributed by atoms with E-state index in [-0.39, 0.29) is 12.3 Å². The Labute approximate surface area is 101 Å². The largest absolute Gasteiger partial charge is 0.452 e. The Balaban J connectivity index is 2.62. The third-order valence-corrected chi connectivity index (χ3v) is 1.66. The molecule has 0 aliphatic rings. The molecule has 1 rings (SSSR count). The molecular weight excluding hydrogens is 248 g/mol. The summed E-state index contributed by atoms with van der Waals surface area (Å²) in [5.74, 6) is -1.74. The molecule has 1 N–H and O–H groups in total. The quantitative estimate of drug-likeness (QED) is 0.826. The SMILES string of the molecule is CCOC(=O)/N=N/C(=O)Nc1ccc(F)cc1F. The Bertz CT molecular complexity index is 491. The number of carbonyl (C=O) groups excluding carboxylic acids is 2. The van der Waals surface area contributed by atoms with Gasteiger partial charge in [-0.15, -0.1) is 0 Å². The number of ether oxygens (including phenoxy) is 1. The Morgan fingerprint density at radius 3 is 2.67 bits per heavy atom. The van der Waals surface area contributed by atoms with Gasteiger partial charge in [-0.25, -0.2) is 18.4 Å². The standard InChI is InChI=1S/C10H9F2N3O3/c1-2-18-10(17)15-14-9(16)13-8-4-3-6(11)5-7(8)12/h3-5H,2H2,1H3,(H,13,16)/b15-14+. The smallest absolute Gasteiger partial charge is 0.447 e. The molecule has 8 heteroatoms. The van der Waals surface area contributed by atoms with Crippen molar-refractivity contribution in [2.75, 3.05) is 11.9 Å². The number of nitrogens with zero attached hydrogens (tertiary/aromatic N) is 2. The minimum atomic E-state index is -1.08. The molecule has 0 radical (unpaired) electrons. The lowest BCUT2D eigenvalue weighted by Gasteiger charge is -2.02. The van der Waals surface area contributed by atoms with E-state index in [4.69, 9.17) is 0 Å². The molecule has 0 aliphatic carbocycles. The zero-order valence-corrected chi connectivity index (χ0v) is 9.31. The summed E-state index contributed by atoms with van der Waals surface area (Å²) in [7, 11) is 0. The maximum absolute atomic E-state index is 13.1. The highest BCUT2D eigenvalue weighted by molar-refractivity contribution is 5.90. The van der Waals surface area contributed by atoms with Gasteiger partial charge in [-0.2, -0.15) is 0 Å². The topological polar surface area (TPSA) is 80.1 Å². The molecule has 0 atom stereocenters. The lowest BCUT2D eigenvalue weighted by molar-refractivity contribution is 0.161. The number of anilines is 1. The van der Waals surface area contributed by atoms with Gasteiger partial charge in [0, 0.05) is 6.07 Å². The summed E-state index contributed by atoms with van der Waals surface area (Å²) in [6.45, 7) is 1.65. The Morgan fingerprint density at radius 1 is 1.33 bits per heavy atom. The highest BCUT2D eigenvalue weighted by atomic mass is 19.1. The van der Waals surface area contributed by atoms with Crippen LogP contribution in [0.25, 0.3) is 0 Å². The van der Waals surface area contributed by atoms with E-state index in [0.717, 1.165) is 12.1 Å². The minimum absolute atomic E-state index is 0.0893. The van der Waals surface area contributed by atoms with Crippen LogP contribution < -0.4 is 5.32 Å². The van der Waals surface area contributed by atoms with Crippen LogP contribution in [0.1, 0.15) is 6.92 Å². The monoisotopic (exact) mass is 257 g/mol. The van der Waals surface area contributed by atoms with Crippen LogP contribution in [0.15, 0.2) is 28.4 Å². The molecule has 0 saturated carbocycles. The minimum Gasteiger partial charge on any atom is -0.447 e. The van der Waals surface area contributed by atoms with Crippen molar-refractivity contribution in [1.82, 2.24) is 0 Å². The van der Waals surface area contributed by atoms with Gasteiger partial charge in [-0.3, -0.25) is 0 Å². The van der Waals surface area contributed by atoms with Gasteiger partial charge in [0.05, 0.1) is 12.3 Å². The highest BCUT2D eigenvalue weighted by Crippen LogP contribution is 2.14. The van der Waals surface area contributed by atoms with Crippen LogP contribution >= 0.6 is 0 Å². The van der Waals surface area contributed by atoms with Crippen LogP contribution in [0, 0.1) is 11.6 Å². The first kappa shape index (κ1) is 13.7. The fraction of sp³-hybridized carbons (Fsp3) is 0.200. The maximum Gasteiger partial charge on any atom is 0.452 e. The van der Waals surface area contributed by atoms with E-state index in [1.54, 1.807) is 6.92 Å². The number of hydrogen-bond donors (Lipinski definition) is 1. The second kappa shape index (κ2) is 6.38. The molecule has 1 aromatic carbocycles. The molecule has 0 saturated heterocycles. The lowest BCUT2D eigenvalue weighted by Crippen LogP contribution is -2.08. The van der Waals surface area contributed by atoms with Crippen LogP contribution in [0.5, 0.6) is 0 Å². The van der Waals surface area contributed by atoms with Crippen LogP contribution in [0.2, 0.25) is 0 Å². The Hall–Kier alpha value is -2.38. The molecule has 96 valence electrons. The van der Waals surface area contributed by atoms with E-state index >= 15 is 0 Å². The number of hydrogen-bond acceptors (Lipinski definition) is 3. The summed E-state index contributed by atoms with van der Waals surface area (Å²) in [6.07, 6.45) is -1.03. The van der Waals surface area contributed by atoms with Crippen molar-refractivity contribution in [2.45, 2.75) is 6.92 Å². The summed E-state index contributed by atoms with van der Waals surface area (Å²) in [5.41, 5.74) is -0.274. The summed E-state index contributed by atoms with van der Waals surface area (Å²) in [4.78, 5) is 21.8. The van der Waals surface area contributed by atoms with Crippen LogP contribution in [0.3, 0.4) is 0 Å². The van der Waals surface area contributed by atoms with E-state index < -0.39 is 23.8 Å².